The van der Waals surface area contributed by atoms with Gasteiger partial charge in [-0.25, -0.2) is 8.42 Å². The minimum Gasteiger partial charge on any atom is -0.385 e. The Labute approximate surface area is 208 Å². The molecule has 0 aliphatic carbocycles. The van der Waals surface area contributed by atoms with Crippen LogP contribution in [0.3, 0.4) is 0 Å². The Morgan fingerprint density at radius 3 is 2.34 bits per heavy atom. The van der Waals surface area contributed by atoms with Crippen LogP contribution in [0.25, 0.3) is 0 Å². The Bertz CT molecular complexity index is 1110. The molecule has 0 radical (unpaired) electrons. The highest BCUT2D eigenvalue weighted by atomic mass is 32.2. The molecule has 0 saturated carbocycles. The average molecular weight is 502 g/mol. The standard InChI is InChI=1S/C26H35N3O5S/c1-19-9-11-22(12-10-19)35(32,33)29-16-13-21(14-17-29)24(26(31)27-15-6-18-34-3)28-25(30)23-8-5-4-7-20(23)2/h4-5,7-12,21,24H,6,13-18H2,1-3H3,(H,27,31)(H,28,30)/t24-/m1/s1. The second-order valence-corrected chi connectivity index (χ2v) is 10.9. The predicted octanol–water partition coefficient (Wildman–Crippen LogP) is 2.66. The molecule has 35 heavy (non-hydrogen) atoms. The number of nitrogens with one attached hydrogen (secondary N) is 2. The number of nitrogens with zero attached hydrogens (tertiary/aromatic N) is 1. The molecule has 0 unspecified atom stereocenters. The highest BCUT2D eigenvalue weighted by Crippen LogP contribution is 2.26. The lowest BCUT2D eigenvalue weighted by atomic mass is 9.89. The van der Waals surface area contributed by atoms with Crippen molar-refractivity contribution in [1.82, 2.24) is 14.9 Å². The fourth-order valence-electron chi connectivity index (χ4n) is 4.29. The summed E-state index contributed by atoms with van der Waals surface area (Å²) in [7, 11) is -2.01. The van der Waals surface area contributed by atoms with E-state index in [1.54, 1.807) is 43.5 Å². The van der Waals surface area contributed by atoms with Crippen LogP contribution in [0.2, 0.25) is 0 Å². The summed E-state index contributed by atoms with van der Waals surface area (Å²) < 4.78 is 32.7. The maximum atomic E-state index is 13.1. The van der Waals surface area contributed by atoms with Crippen molar-refractivity contribution in [2.75, 3.05) is 33.4 Å². The molecule has 2 N–H and O–H groups in total. The van der Waals surface area contributed by atoms with Gasteiger partial charge in [-0.05, 0) is 62.8 Å². The molecule has 9 heteroatoms. The number of hydrogen-bond donors (Lipinski definition) is 2. The molecule has 1 aliphatic heterocycles. The first kappa shape index (κ1) is 26.8. The molecular formula is C26H35N3O5S. The van der Waals surface area contributed by atoms with Gasteiger partial charge in [0.15, 0.2) is 0 Å². The Morgan fingerprint density at radius 2 is 1.71 bits per heavy atom. The fourth-order valence-corrected chi connectivity index (χ4v) is 5.76. The minimum absolute atomic E-state index is 0.185. The number of aryl methyl sites for hydroxylation is 2. The Kier molecular flexibility index (Phi) is 9.42. The van der Waals surface area contributed by atoms with E-state index in [0.29, 0.717) is 38.0 Å². The smallest absolute Gasteiger partial charge is 0.252 e. The van der Waals surface area contributed by atoms with Crippen molar-refractivity contribution < 1.29 is 22.7 Å². The number of ether oxygens (including phenoxy) is 1. The molecule has 1 fully saturated rings. The quantitative estimate of drug-likeness (QED) is 0.487. The van der Waals surface area contributed by atoms with Gasteiger partial charge >= 0.3 is 0 Å². The van der Waals surface area contributed by atoms with Gasteiger partial charge in [-0.15, -0.1) is 0 Å². The van der Waals surface area contributed by atoms with Gasteiger partial charge in [0, 0.05) is 38.9 Å². The van der Waals surface area contributed by atoms with Crippen LogP contribution >= 0.6 is 0 Å². The molecule has 2 amide bonds. The van der Waals surface area contributed by atoms with Crippen LogP contribution in [0.1, 0.15) is 40.7 Å². The van der Waals surface area contributed by atoms with E-state index in [-0.39, 0.29) is 35.7 Å². The van der Waals surface area contributed by atoms with E-state index in [0.717, 1.165) is 11.1 Å². The molecule has 2 aromatic rings. The van der Waals surface area contributed by atoms with Crippen LogP contribution in [0, 0.1) is 19.8 Å². The third kappa shape index (κ3) is 6.90. The van der Waals surface area contributed by atoms with Gasteiger partial charge in [0.05, 0.1) is 4.90 Å². The summed E-state index contributed by atoms with van der Waals surface area (Å²) in [6, 6.07) is 13.3. The molecule has 190 valence electrons. The van der Waals surface area contributed by atoms with Gasteiger partial charge < -0.3 is 15.4 Å². The molecule has 1 heterocycles. The average Bonchev–Trinajstić information content (AvgIpc) is 2.85. The van der Waals surface area contributed by atoms with E-state index in [1.165, 1.54) is 4.31 Å². The molecule has 1 aliphatic rings. The fraction of sp³-hybridized carbons (Fsp3) is 0.462. The van der Waals surface area contributed by atoms with Crippen molar-refractivity contribution in [1.29, 1.82) is 0 Å². The second-order valence-electron chi connectivity index (χ2n) is 8.96. The zero-order chi connectivity index (χ0) is 25.4. The first-order chi connectivity index (χ1) is 16.7. The maximum absolute atomic E-state index is 13.1. The van der Waals surface area contributed by atoms with Gasteiger partial charge in [0.1, 0.15) is 6.04 Å². The van der Waals surface area contributed by atoms with Gasteiger partial charge in [0.2, 0.25) is 15.9 Å². The van der Waals surface area contributed by atoms with Crippen LogP contribution in [0.15, 0.2) is 53.4 Å². The first-order valence-electron chi connectivity index (χ1n) is 11.9. The third-order valence-corrected chi connectivity index (χ3v) is 8.32. The molecule has 0 aromatic heterocycles. The monoisotopic (exact) mass is 501 g/mol. The number of piperidine rings is 1. The van der Waals surface area contributed by atoms with E-state index < -0.39 is 16.1 Å². The number of carbonyl (C=O) groups excluding carboxylic acids is 2. The maximum Gasteiger partial charge on any atom is 0.252 e. The van der Waals surface area contributed by atoms with Crippen LogP contribution in [0.4, 0.5) is 0 Å². The van der Waals surface area contributed by atoms with Crippen molar-refractivity contribution in [3.8, 4) is 0 Å². The van der Waals surface area contributed by atoms with Crippen molar-refractivity contribution in [2.45, 2.75) is 44.0 Å². The molecule has 2 aromatic carbocycles. The van der Waals surface area contributed by atoms with Crippen LogP contribution in [-0.4, -0.2) is 63.9 Å². The lowest BCUT2D eigenvalue weighted by Crippen LogP contribution is -2.54. The van der Waals surface area contributed by atoms with Crippen molar-refractivity contribution in [3.63, 3.8) is 0 Å². The summed E-state index contributed by atoms with van der Waals surface area (Å²) in [4.78, 5) is 26.4. The van der Waals surface area contributed by atoms with Gasteiger partial charge in [-0.3, -0.25) is 9.59 Å². The van der Waals surface area contributed by atoms with Crippen LogP contribution < -0.4 is 10.6 Å². The highest BCUT2D eigenvalue weighted by molar-refractivity contribution is 7.89. The van der Waals surface area contributed by atoms with Crippen LogP contribution in [0.5, 0.6) is 0 Å². The lowest BCUT2D eigenvalue weighted by molar-refractivity contribution is -0.124. The molecule has 1 saturated heterocycles. The Balaban J connectivity index is 1.71. The van der Waals surface area contributed by atoms with E-state index in [4.69, 9.17) is 4.74 Å². The number of carbonyl (C=O) groups is 2. The zero-order valence-corrected chi connectivity index (χ0v) is 21.4. The number of sulfonamides is 1. The molecular weight excluding hydrogens is 466 g/mol. The molecule has 3 rings (SSSR count). The summed E-state index contributed by atoms with van der Waals surface area (Å²) in [6.07, 6.45) is 1.60. The highest BCUT2D eigenvalue weighted by Gasteiger charge is 2.36. The summed E-state index contributed by atoms with van der Waals surface area (Å²) in [5, 5.41) is 5.82. The first-order valence-corrected chi connectivity index (χ1v) is 13.4. The van der Waals surface area contributed by atoms with E-state index >= 15 is 0 Å². The topological polar surface area (TPSA) is 105 Å². The van der Waals surface area contributed by atoms with E-state index in [9.17, 15) is 18.0 Å². The summed E-state index contributed by atoms with van der Waals surface area (Å²) in [5.74, 6) is -0.757. The lowest BCUT2D eigenvalue weighted by Gasteiger charge is -2.35. The number of amides is 2. The van der Waals surface area contributed by atoms with Gasteiger partial charge in [-0.2, -0.15) is 4.31 Å². The number of methoxy groups -OCH3 is 1. The third-order valence-electron chi connectivity index (χ3n) is 6.41. The predicted molar refractivity (Wildman–Crippen MR) is 135 cm³/mol. The van der Waals surface area contributed by atoms with E-state index in [2.05, 4.69) is 10.6 Å². The molecule has 0 bridgehead atoms. The van der Waals surface area contributed by atoms with Crippen molar-refractivity contribution in [2.24, 2.45) is 5.92 Å². The normalized spacial score (nSPS) is 16.0. The van der Waals surface area contributed by atoms with Gasteiger partial charge in [-0.1, -0.05) is 35.9 Å². The van der Waals surface area contributed by atoms with E-state index in [1.807, 2.05) is 26.0 Å². The zero-order valence-electron chi connectivity index (χ0n) is 20.6. The molecule has 0 spiro atoms. The number of rotatable bonds is 10. The van der Waals surface area contributed by atoms with Crippen LogP contribution in [-0.2, 0) is 19.6 Å². The van der Waals surface area contributed by atoms with Crippen molar-refractivity contribution >= 4 is 21.8 Å². The Hall–Kier alpha value is -2.75. The second kappa shape index (κ2) is 12.3. The SMILES string of the molecule is COCCCNC(=O)[C@H](NC(=O)c1ccccc1C)C1CCN(S(=O)(=O)c2ccc(C)cc2)CC1. The minimum atomic E-state index is -3.61. The Morgan fingerprint density at radius 1 is 1.06 bits per heavy atom. The van der Waals surface area contributed by atoms with Gasteiger partial charge in [0.25, 0.3) is 5.91 Å². The summed E-state index contributed by atoms with van der Waals surface area (Å²) in [5.41, 5.74) is 2.33. The number of hydrogen-bond acceptors (Lipinski definition) is 5. The molecule has 1 atom stereocenters. The largest absolute Gasteiger partial charge is 0.385 e. The number of benzene rings is 2. The summed E-state index contributed by atoms with van der Waals surface area (Å²) in [6.45, 7) is 5.29. The summed E-state index contributed by atoms with van der Waals surface area (Å²) >= 11 is 0. The van der Waals surface area contributed by atoms with Crippen molar-refractivity contribution in [3.05, 3.63) is 65.2 Å². The molecule has 8 nitrogen and oxygen atoms in total.